The normalized spacial score (nSPS) is 10.8. The Morgan fingerprint density at radius 2 is 1.95 bits per heavy atom. The zero-order valence-corrected chi connectivity index (χ0v) is 13.7. The van der Waals surface area contributed by atoms with Gasteiger partial charge in [0.1, 0.15) is 5.82 Å². The number of pyridine rings is 1. The van der Waals surface area contributed by atoms with E-state index in [0.29, 0.717) is 17.4 Å². The second-order valence-corrected chi connectivity index (χ2v) is 6.06. The van der Waals surface area contributed by atoms with Crippen LogP contribution < -0.4 is 5.32 Å². The van der Waals surface area contributed by atoms with E-state index in [0.717, 1.165) is 20.9 Å². The Hall–Kier alpha value is -1.43. The average molecular weight is 384 g/mol. The summed E-state index contributed by atoms with van der Waals surface area (Å²) < 4.78 is 0.952. The lowest BCUT2D eigenvalue weighted by Crippen LogP contribution is -2.03. The second-order valence-electron chi connectivity index (χ2n) is 4.37. The van der Waals surface area contributed by atoms with Gasteiger partial charge in [0.05, 0.1) is 10.5 Å². The maximum Gasteiger partial charge on any atom is 0.224 e. The molecular weight excluding hydrogens is 375 g/mol. The summed E-state index contributed by atoms with van der Waals surface area (Å²) in [4.78, 5) is 12.5. The van der Waals surface area contributed by atoms with Crippen molar-refractivity contribution in [1.29, 1.82) is 0 Å². The molecule has 3 rings (SSSR count). The molecule has 21 heavy (non-hydrogen) atoms. The molecule has 0 aliphatic heterocycles. The maximum atomic E-state index is 5.96. The smallest absolute Gasteiger partial charge is 0.224 e. The van der Waals surface area contributed by atoms with Crippen molar-refractivity contribution < 1.29 is 0 Å². The highest BCUT2D eigenvalue weighted by Crippen LogP contribution is 2.26. The summed E-state index contributed by atoms with van der Waals surface area (Å²) in [6.45, 7) is 0.544. The van der Waals surface area contributed by atoms with E-state index >= 15 is 0 Å². The van der Waals surface area contributed by atoms with Gasteiger partial charge >= 0.3 is 0 Å². The first-order chi connectivity index (χ1) is 10.1. The van der Waals surface area contributed by atoms with E-state index in [1.54, 1.807) is 12.4 Å². The van der Waals surface area contributed by atoms with Gasteiger partial charge in [-0.3, -0.25) is 4.98 Å². The minimum atomic E-state index is 0.205. The third kappa shape index (κ3) is 3.43. The first-order valence-corrected chi connectivity index (χ1v) is 7.63. The molecule has 2 heterocycles. The molecule has 0 bridgehead atoms. The van der Waals surface area contributed by atoms with Crippen LogP contribution in [-0.4, -0.2) is 15.0 Å². The average Bonchev–Trinajstić information content (AvgIpc) is 2.45. The fourth-order valence-electron chi connectivity index (χ4n) is 1.95. The van der Waals surface area contributed by atoms with Crippen LogP contribution >= 0.6 is 39.1 Å². The highest BCUT2D eigenvalue weighted by Gasteiger charge is 2.07. The van der Waals surface area contributed by atoms with E-state index < -0.39 is 0 Å². The van der Waals surface area contributed by atoms with Crippen molar-refractivity contribution in [2.75, 3.05) is 5.32 Å². The lowest BCUT2D eigenvalue weighted by atomic mass is 10.2. The molecule has 7 heteroatoms. The van der Waals surface area contributed by atoms with Gasteiger partial charge in [0.25, 0.3) is 0 Å². The largest absolute Gasteiger partial charge is 0.365 e. The Kier molecular flexibility index (Phi) is 4.24. The molecule has 0 fully saturated rings. The number of anilines is 1. The van der Waals surface area contributed by atoms with Gasteiger partial charge in [-0.1, -0.05) is 27.5 Å². The lowest BCUT2D eigenvalue weighted by Gasteiger charge is -2.09. The standard InChI is InChI=1S/C14H9BrCl2N4/c15-9-1-2-12-11(4-9)13(21-14(17)20-12)19-6-8-3-10(16)7-18-5-8/h1-5,7H,6H2,(H,19,20,21). The zero-order valence-electron chi connectivity index (χ0n) is 10.6. The van der Waals surface area contributed by atoms with Crippen LogP contribution in [0.4, 0.5) is 5.82 Å². The van der Waals surface area contributed by atoms with Gasteiger partial charge in [0.15, 0.2) is 0 Å². The number of hydrogen-bond acceptors (Lipinski definition) is 4. The number of halogens is 3. The monoisotopic (exact) mass is 382 g/mol. The summed E-state index contributed by atoms with van der Waals surface area (Å²) in [6, 6.07) is 7.60. The molecule has 0 aliphatic rings. The summed E-state index contributed by atoms with van der Waals surface area (Å²) in [5.41, 5.74) is 1.74. The van der Waals surface area contributed by atoms with Crippen LogP contribution in [0.2, 0.25) is 10.3 Å². The predicted octanol–water partition coefficient (Wildman–Crippen LogP) is 4.71. The number of aromatic nitrogens is 3. The van der Waals surface area contributed by atoms with E-state index in [4.69, 9.17) is 23.2 Å². The number of hydrogen-bond donors (Lipinski definition) is 1. The summed E-state index contributed by atoms with van der Waals surface area (Å²) in [6.07, 6.45) is 3.35. The number of benzene rings is 1. The topological polar surface area (TPSA) is 50.7 Å². The number of rotatable bonds is 3. The Morgan fingerprint density at radius 1 is 1.10 bits per heavy atom. The van der Waals surface area contributed by atoms with Gasteiger partial charge in [0, 0.05) is 28.8 Å². The van der Waals surface area contributed by atoms with Gasteiger partial charge in [-0.2, -0.15) is 0 Å². The number of nitrogens with zero attached hydrogens (tertiary/aromatic N) is 3. The van der Waals surface area contributed by atoms with Crippen molar-refractivity contribution in [3.05, 3.63) is 57.0 Å². The lowest BCUT2D eigenvalue weighted by molar-refractivity contribution is 1.08. The fraction of sp³-hybridized carbons (Fsp3) is 0.0714. The molecule has 0 radical (unpaired) electrons. The highest BCUT2D eigenvalue weighted by molar-refractivity contribution is 9.10. The van der Waals surface area contributed by atoms with Gasteiger partial charge < -0.3 is 5.32 Å². The van der Waals surface area contributed by atoms with Crippen LogP contribution in [0.15, 0.2) is 41.1 Å². The minimum absolute atomic E-state index is 0.205. The Bertz CT molecular complexity index is 810. The SMILES string of the molecule is Clc1cncc(CNc2nc(Cl)nc3ccc(Br)cc23)c1. The summed E-state index contributed by atoms with van der Waals surface area (Å²) in [5, 5.41) is 4.94. The molecule has 0 saturated heterocycles. The molecule has 106 valence electrons. The maximum absolute atomic E-state index is 5.96. The Balaban J connectivity index is 1.94. The fourth-order valence-corrected chi connectivity index (χ4v) is 2.68. The molecule has 3 aromatic rings. The molecule has 1 N–H and O–H groups in total. The summed E-state index contributed by atoms with van der Waals surface area (Å²) in [5.74, 6) is 0.672. The van der Waals surface area contributed by atoms with E-state index in [9.17, 15) is 0 Å². The van der Waals surface area contributed by atoms with Gasteiger partial charge in [-0.05, 0) is 41.4 Å². The Labute approximate surface area is 139 Å². The van der Waals surface area contributed by atoms with Crippen molar-refractivity contribution in [3.63, 3.8) is 0 Å². The van der Waals surface area contributed by atoms with Crippen LogP contribution in [0.5, 0.6) is 0 Å². The quantitative estimate of drug-likeness (QED) is 0.665. The molecule has 0 aliphatic carbocycles. The summed E-state index contributed by atoms with van der Waals surface area (Å²) >= 11 is 15.3. The number of nitrogens with one attached hydrogen (secondary N) is 1. The molecule has 0 spiro atoms. The van der Waals surface area contributed by atoms with Crippen LogP contribution in [0.1, 0.15) is 5.56 Å². The minimum Gasteiger partial charge on any atom is -0.365 e. The van der Waals surface area contributed by atoms with Crippen molar-refractivity contribution in [2.45, 2.75) is 6.54 Å². The van der Waals surface area contributed by atoms with Gasteiger partial charge in [-0.15, -0.1) is 0 Å². The van der Waals surface area contributed by atoms with E-state index in [2.05, 4.69) is 36.2 Å². The van der Waals surface area contributed by atoms with Crippen molar-refractivity contribution in [3.8, 4) is 0 Å². The van der Waals surface area contributed by atoms with Crippen molar-refractivity contribution >= 4 is 55.9 Å². The van der Waals surface area contributed by atoms with Crippen LogP contribution in [-0.2, 0) is 6.54 Å². The van der Waals surface area contributed by atoms with E-state index in [-0.39, 0.29) is 5.28 Å². The van der Waals surface area contributed by atoms with Crippen LogP contribution in [0, 0.1) is 0 Å². The molecule has 0 saturated carbocycles. The second kappa shape index (κ2) is 6.13. The predicted molar refractivity (Wildman–Crippen MR) is 88.8 cm³/mol. The molecule has 0 unspecified atom stereocenters. The molecular formula is C14H9BrCl2N4. The first kappa shape index (κ1) is 14.5. The molecule has 2 aromatic heterocycles. The third-order valence-electron chi connectivity index (χ3n) is 2.85. The van der Waals surface area contributed by atoms with Crippen molar-refractivity contribution in [1.82, 2.24) is 15.0 Å². The van der Waals surface area contributed by atoms with Gasteiger partial charge in [-0.25, -0.2) is 9.97 Å². The van der Waals surface area contributed by atoms with Crippen molar-refractivity contribution in [2.24, 2.45) is 0 Å². The summed E-state index contributed by atoms with van der Waals surface area (Å²) in [7, 11) is 0. The molecule has 4 nitrogen and oxygen atoms in total. The third-order valence-corrected chi connectivity index (χ3v) is 3.72. The van der Waals surface area contributed by atoms with Gasteiger partial charge in [0.2, 0.25) is 5.28 Å². The van der Waals surface area contributed by atoms with E-state index in [1.165, 1.54) is 0 Å². The number of fused-ring (bicyclic) bond motifs is 1. The molecule has 0 amide bonds. The molecule has 1 aromatic carbocycles. The zero-order chi connectivity index (χ0) is 14.8. The first-order valence-electron chi connectivity index (χ1n) is 6.08. The molecule has 0 atom stereocenters. The highest BCUT2D eigenvalue weighted by atomic mass is 79.9. The van der Waals surface area contributed by atoms with Crippen LogP contribution in [0.25, 0.3) is 10.9 Å². The Morgan fingerprint density at radius 3 is 2.76 bits per heavy atom. The van der Waals surface area contributed by atoms with Crippen LogP contribution in [0.3, 0.4) is 0 Å². The van der Waals surface area contributed by atoms with E-state index in [1.807, 2.05) is 24.3 Å².